The molecule has 1 aromatic heterocycles. The van der Waals surface area contributed by atoms with E-state index in [0.717, 1.165) is 41.7 Å². The topological polar surface area (TPSA) is 63.5 Å². The second-order valence-electron chi connectivity index (χ2n) is 5.58. The summed E-state index contributed by atoms with van der Waals surface area (Å²) in [5.41, 5.74) is 4.33. The number of benzene rings is 1. The Balaban J connectivity index is 2.19. The number of hydrogen-bond donors (Lipinski definition) is 2. The number of guanidine groups is 1. The van der Waals surface area contributed by atoms with Crippen LogP contribution in [0.25, 0.3) is 5.69 Å². The number of aromatic nitrogens is 2. The van der Waals surface area contributed by atoms with Gasteiger partial charge in [-0.05, 0) is 38.5 Å². The van der Waals surface area contributed by atoms with Gasteiger partial charge in [0, 0.05) is 25.9 Å². The van der Waals surface area contributed by atoms with E-state index in [9.17, 15) is 0 Å². The first kappa shape index (κ1) is 18.0. The molecule has 0 saturated heterocycles. The van der Waals surface area contributed by atoms with Crippen LogP contribution in [0.1, 0.15) is 23.9 Å². The van der Waals surface area contributed by atoms with Crippen molar-refractivity contribution in [2.45, 2.75) is 27.3 Å². The normalized spacial score (nSPS) is 11.6. The minimum Gasteiger partial charge on any atom is -0.383 e. The summed E-state index contributed by atoms with van der Waals surface area (Å²) in [4.78, 5) is 4.68. The van der Waals surface area contributed by atoms with Gasteiger partial charge in [0.15, 0.2) is 5.96 Å². The van der Waals surface area contributed by atoms with Crippen molar-refractivity contribution in [3.05, 3.63) is 47.3 Å². The first-order chi connectivity index (χ1) is 11.7. The van der Waals surface area contributed by atoms with Crippen LogP contribution in [0.2, 0.25) is 0 Å². The molecule has 0 aliphatic rings. The lowest BCUT2D eigenvalue weighted by molar-refractivity contribution is 0.203. The van der Waals surface area contributed by atoms with E-state index in [1.54, 1.807) is 7.11 Å². The summed E-state index contributed by atoms with van der Waals surface area (Å²) >= 11 is 0. The van der Waals surface area contributed by atoms with Crippen molar-refractivity contribution in [2.75, 3.05) is 26.8 Å². The van der Waals surface area contributed by atoms with Gasteiger partial charge >= 0.3 is 0 Å². The molecule has 6 nitrogen and oxygen atoms in total. The molecular formula is C18H27N5O. The second kappa shape index (κ2) is 9.08. The molecule has 6 heteroatoms. The van der Waals surface area contributed by atoms with Gasteiger partial charge in [-0.1, -0.05) is 18.2 Å². The molecule has 0 unspecified atom stereocenters. The summed E-state index contributed by atoms with van der Waals surface area (Å²) in [5, 5.41) is 11.1. The molecule has 0 spiro atoms. The van der Waals surface area contributed by atoms with Gasteiger partial charge < -0.3 is 15.4 Å². The monoisotopic (exact) mass is 329 g/mol. The highest BCUT2D eigenvalue weighted by molar-refractivity contribution is 5.79. The molecule has 0 aliphatic heterocycles. The number of para-hydroxylation sites is 1. The Labute approximate surface area is 143 Å². The molecule has 24 heavy (non-hydrogen) atoms. The fourth-order valence-corrected chi connectivity index (χ4v) is 2.50. The lowest BCUT2D eigenvalue weighted by Gasteiger charge is -2.13. The Morgan fingerprint density at radius 3 is 2.71 bits per heavy atom. The molecule has 2 aromatic rings. The fraction of sp³-hybridized carbons (Fsp3) is 0.444. The molecule has 0 radical (unpaired) electrons. The van der Waals surface area contributed by atoms with Crippen molar-refractivity contribution in [1.29, 1.82) is 0 Å². The van der Waals surface area contributed by atoms with Gasteiger partial charge in [0.05, 0.1) is 24.5 Å². The SMILES string of the molecule is CCNC(=NCc1ccccc1-n1nc(C)cc1C)NCCOC. The molecule has 0 saturated carbocycles. The standard InChI is InChI=1S/C18H27N5O/c1-5-19-18(20-10-11-24-4)21-13-16-8-6-7-9-17(16)23-15(3)12-14(2)22-23/h6-9,12H,5,10-11,13H2,1-4H3,(H2,19,20,21). The van der Waals surface area contributed by atoms with Crippen LogP contribution in [0, 0.1) is 13.8 Å². The zero-order valence-electron chi connectivity index (χ0n) is 15.0. The zero-order chi connectivity index (χ0) is 17.4. The number of aryl methyl sites for hydroxylation is 2. The quantitative estimate of drug-likeness (QED) is 0.464. The molecule has 1 heterocycles. The highest BCUT2D eigenvalue weighted by Gasteiger charge is 2.08. The Hall–Kier alpha value is -2.34. The van der Waals surface area contributed by atoms with Gasteiger partial charge in [-0.15, -0.1) is 0 Å². The van der Waals surface area contributed by atoms with E-state index in [4.69, 9.17) is 4.74 Å². The number of rotatable bonds is 7. The van der Waals surface area contributed by atoms with Crippen molar-refractivity contribution >= 4 is 5.96 Å². The maximum absolute atomic E-state index is 5.07. The highest BCUT2D eigenvalue weighted by Crippen LogP contribution is 2.17. The van der Waals surface area contributed by atoms with Gasteiger partial charge in [-0.25, -0.2) is 9.67 Å². The van der Waals surface area contributed by atoms with Crippen LogP contribution in [0.4, 0.5) is 0 Å². The first-order valence-electron chi connectivity index (χ1n) is 8.28. The van der Waals surface area contributed by atoms with Gasteiger partial charge in [0.2, 0.25) is 0 Å². The van der Waals surface area contributed by atoms with Crippen LogP contribution >= 0.6 is 0 Å². The van der Waals surface area contributed by atoms with Crippen LogP contribution in [0.5, 0.6) is 0 Å². The number of nitrogens with zero attached hydrogens (tertiary/aromatic N) is 3. The van der Waals surface area contributed by atoms with E-state index in [1.165, 1.54) is 0 Å². The van der Waals surface area contributed by atoms with Crippen molar-refractivity contribution < 1.29 is 4.74 Å². The molecule has 0 atom stereocenters. The molecule has 0 bridgehead atoms. The molecule has 0 amide bonds. The van der Waals surface area contributed by atoms with Gasteiger partial charge in [-0.2, -0.15) is 5.10 Å². The minimum atomic E-state index is 0.580. The van der Waals surface area contributed by atoms with Gasteiger partial charge in [0.1, 0.15) is 0 Å². The van der Waals surface area contributed by atoms with Crippen molar-refractivity contribution in [2.24, 2.45) is 4.99 Å². The third kappa shape index (κ3) is 4.83. The average Bonchev–Trinajstić information content (AvgIpc) is 2.91. The van der Waals surface area contributed by atoms with Crippen LogP contribution in [0.15, 0.2) is 35.3 Å². The Morgan fingerprint density at radius 2 is 2.04 bits per heavy atom. The lowest BCUT2D eigenvalue weighted by atomic mass is 10.2. The summed E-state index contributed by atoms with van der Waals surface area (Å²) in [6, 6.07) is 10.3. The van der Waals surface area contributed by atoms with Crippen molar-refractivity contribution in [3.63, 3.8) is 0 Å². The summed E-state index contributed by atoms with van der Waals surface area (Å²) < 4.78 is 7.05. The Kier molecular flexibility index (Phi) is 6.81. The third-order valence-electron chi connectivity index (χ3n) is 3.58. The van der Waals surface area contributed by atoms with Crippen molar-refractivity contribution in [3.8, 4) is 5.69 Å². The van der Waals surface area contributed by atoms with E-state index in [0.29, 0.717) is 13.2 Å². The van der Waals surface area contributed by atoms with Crippen molar-refractivity contribution in [1.82, 2.24) is 20.4 Å². The second-order valence-corrected chi connectivity index (χ2v) is 5.58. The van der Waals surface area contributed by atoms with E-state index < -0.39 is 0 Å². The highest BCUT2D eigenvalue weighted by atomic mass is 16.5. The number of aliphatic imine (C=N–C) groups is 1. The minimum absolute atomic E-state index is 0.580. The Bertz CT molecular complexity index is 678. The van der Waals surface area contributed by atoms with E-state index in [2.05, 4.69) is 52.8 Å². The maximum atomic E-state index is 5.07. The predicted octanol–water partition coefficient (Wildman–Crippen LogP) is 2.19. The van der Waals surface area contributed by atoms with E-state index in [-0.39, 0.29) is 0 Å². The molecule has 130 valence electrons. The smallest absolute Gasteiger partial charge is 0.191 e. The molecular weight excluding hydrogens is 302 g/mol. The van der Waals surface area contributed by atoms with Crippen LogP contribution in [-0.4, -0.2) is 42.5 Å². The predicted molar refractivity (Wildman–Crippen MR) is 97.7 cm³/mol. The third-order valence-corrected chi connectivity index (χ3v) is 3.58. The van der Waals surface area contributed by atoms with E-state index >= 15 is 0 Å². The molecule has 2 N–H and O–H groups in total. The molecule has 0 aliphatic carbocycles. The Morgan fingerprint density at radius 1 is 1.25 bits per heavy atom. The first-order valence-corrected chi connectivity index (χ1v) is 8.28. The van der Waals surface area contributed by atoms with Crippen LogP contribution in [0.3, 0.4) is 0 Å². The maximum Gasteiger partial charge on any atom is 0.191 e. The molecule has 1 aromatic carbocycles. The number of nitrogens with one attached hydrogen (secondary N) is 2. The summed E-state index contributed by atoms with van der Waals surface area (Å²) in [6.07, 6.45) is 0. The van der Waals surface area contributed by atoms with Gasteiger partial charge in [-0.3, -0.25) is 0 Å². The number of methoxy groups -OCH3 is 1. The van der Waals surface area contributed by atoms with Crippen LogP contribution in [-0.2, 0) is 11.3 Å². The van der Waals surface area contributed by atoms with E-state index in [1.807, 2.05) is 23.7 Å². The largest absolute Gasteiger partial charge is 0.383 e. The summed E-state index contributed by atoms with van der Waals surface area (Å²) in [5.74, 6) is 0.790. The zero-order valence-corrected chi connectivity index (χ0v) is 15.0. The summed E-state index contributed by atoms with van der Waals surface area (Å²) in [7, 11) is 1.69. The number of hydrogen-bond acceptors (Lipinski definition) is 3. The van der Waals surface area contributed by atoms with Gasteiger partial charge in [0.25, 0.3) is 0 Å². The average molecular weight is 329 g/mol. The fourth-order valence-electron chi connectivity index (χ4n) is 2.50. The molecule has 2 rings (SSSR count). The molecule has 0 fully saturated rings. The van der Waals surface area contributed by atoms with Crippen LogP contribution < -0.4 is 10.6 Å². The lowest BCUT2D eigenvalue weighted by Crippen LogP contribution is -2.38. The number of ether oxygens (including phenoxy) is 1. The summed E-state index contributed by atoms with van der Waals surface area (Å²) in [6.45, 7) is 8.89.